The van der Waals surface area contributed by atoms with E-state index in [2.05, 4.69) is 10.4 Å². The Hall–Kier alpha value is -1.85. The van der Waals surface area contributed by atoms with Crippen LogP contribution in [0.5, 0.6) is 0 Å². The summed E-state index contributed by atoms with van der Waals surface area (Å²) >= 11 is 0. The van der Waals surface area contributed by atoms with Crippen LogP contribution in [0.1, 0.15) is 34.1 Å². The first kappa shape index (κ1) is 14.6. The van der Waals surface area contributed by atoms with Crippen LogP contribution in [-0.4, -0.2) is 33.7 Å². The van der Waals surface area contributed by atoms with Gasteiger partial charge in [0.2, 0.25) is 5.91 Å². The highest BCUT2D eigenvalue weighted by Crippen LogP contribution is 2.24. The first-order valence-electron chi connectivity index (χ1n) is 7.15. The highest BCUT2D eigenvalue weighted by atomic mass is 16.2. The summed E-state index contributed by atoms with van der Waals surface area (Å²) in [5.41, 5.74) is 0.698. The summed E-state index contributed by atoms with van der Waals surface area (Å²) in [5.74, 6) is -0.0786. The summed E-state index contributed by atoms with van der Waals surface area (Å²) in [7, 11) is 0. The third-order valence-corrected chi connectivity index (χ3v) is 3.69. The van der Waals surface area contributed by atoms with Crippen LogP contribution < -0.4 is 10.2 Å². The van der Waals surface area contributed by atoms with Gasteiger partial charge in [-0.2, -0.15) is 5.10 Å². The molecule has 2 heterocycles. The van der Waals surface area contributed by atoms with Crippen LogP contribution in [0.2, 0.25) is 0 Å². The van der Waals surface area contributed by atoms with E-state index in [-0.39, 0.29) is 17.7 Å². The first-order chi connectivity index (χ1) is 9.49. The highest BCUT2D eigenvalue weighted by molar-refractivity contribution is 6.08. The van der Waals surface area contributed by atoms with Gasteiger partial charge >= 0.3 is 0 Å². The van der Waals surface area contributed by atoms with Crippen molar-refractivity contribution in [1.82, 2.24) is 15.1 Å². The van der Waals surface area contributed by atoms with Crippen molar-refractivity contribution >= 4 is 17.5 Å². The van der Waals surface area contributed by atoms with Gasteiger partial charge in [-0.1, -0.05) is 20.8 Å². The molecule has 2 atom stereocenters. The number of rotatable bonds is 4. The van der Waals surface area contributed by atoms with Crippen molar-refractivity contribution in [3.63, 3.8) is 0 Å². The SMILES string of the molecule is CCC1C(=O)NC(C(C)C)C(=O)N1c1cnn(CC)c1. The summed E-state index contributed by atoms with van der Waals surface area (Å²) in [6, 6.07) is -0.915. The van der Waals surface area contributed by atoms with E-state index in [4.69, 9.17) is 0 Å². The number of carbonyl (C=O) groups is 2. The third kappa shape index (κ3) is 2.42. The van der Waals surface area contributed by atoms with Crippen molar-refractivity contribution in [1.29, 1.82) is 0 Å². The lowest BCUT2D eigenvalue weighted by atomic mass is 9.96. The predicted molar refractivity (Wildman–Crippen MR) is 76.2 cm³/mol. The van der Waals surface area contributed by atoms with Crippen LogP contribution in [-0.2, 0) is 16.1 Å². The second kappa shape index (κ2) is 5.64. The molecule has 1 aliphatic heterocycles. The normalized spacial score (nSPS) is 23.4. The molecule has 2 amide bonds. The lowest BCUT2D eigenvalue weighted by Gasteiger charge is -2.39. The average Bonchev–Trinajstić information content (AvgIpc) is 2.88. The molecule has 0 aliphatic carbocycles. The zero-order chi connectivity index (χ0) is 14.9. The lowest BCUT2D eigenvalue weighted by Crippen LogP contribution is -2.64. The number of nitrogens with one attached hydrogen (secondary N) is 1. The van der Waals surface area contributed by atoms with Gasteiger partial charge in [0.25, 0.3) is 5.91 Å². The molecule has 6 heteroatoms. The number of nitrogens with zero attached hydrogens (tertiary/aromatic N) is 3. The zero-order valence-corrected chi connectivity index (χ0v) is 12.5. The molecule has 1 N–H and O–H groups in total. The number of piperazine rings is 1. The molecular formula is C14H22N4O2. The standard InChI is InChI=1S/C14H22N4O2/c1-5-11-13(19)16-12(9(3)4)14(20)18(11)10-7-15-17(6-2)8-10/h7-9,11-12H,5-6H2,1-4H3,(H,16,19). The van der Waals surface area contributed by atoms with Gasteiger partial charge in [0.05, 0.1) is 11.9 Å². The number of amides is 2. The first-order valence-corrected chi connectivity index (χ1v) is 7.15. The molecule has 1 saturated heterocycles. The van der Waals surface area contributed by atoms with Crippen LogP contribution in [0, 0.1) is 5.92 Å². The molecule has 20 heavy (non-hydrogen) atoms. The molecule has 0 aromatic carbocycles. The molecule has 2 rings (SSSR count). The van der Waals surface area contributed by atoms with Crippen molar-refractivity contribution in [3.8, 4) is 0 Å². The number of hydrogen-bond acceptors (Lipinski definition) is 3. The van der Waals surface area contributed by atoms with Crippen molar-refractivity contribution in [3.05, 3.63) is 12.4 Å². The van der Waals surface area contributed by atoms with E-state index in [0.29, 0.717) is 12.1 Å². The monoisotopic (exact) mass is 278 g/mol. The summed E-state index contributed by atoms with van der Waals surface area (Å²) in [6.07, 6.45) is 4.05. The third-order valence-electron chi connectivity index (χ3n) is 3.69. The Morgan fingerprint density at radius 2 is 2.05 bits per heavy atom. The van der Waals surface area contributed by atoms with E-state index in [1.807, 2.05) is 33.9 Å². The number of aryl methyl sites for hydroxylation is 1. The zero-order valence-electron chi connectivity index (χ0n) is 12.5. The van der Waals surface area contributed by atoms with E-state index in [0.717, 1.165) is 6.54 Å². The van der Waals surface area contributed by atoms with Gasteiger partial charge in [0, 0.05) is 12.7 Å². The minimum atomic E-state index is -0.463. The number of aromatic nitrogens is 2. The Bertz CT molecular complexity index is 509. The Balaban J connectivity index is 2.38. The van der Waals surface area contributed by atoms with Crippen molar-refractivity contribution in [2.75, 3.05) is 4.90 Å². The van der Waals surface area contributed by atoms with Crippen LogP contribution in [0.25, 0.3) is 0 Å². The van der Waals surface area contributed by atoms with Gasteiger partial charge in [0.1, 0.15) is 12.1 Å². The topological polar surface area (TPSA) is 67.2 Å². The van der Waals surface area contributed by atoms with Gasteiger partial charge in [-0.25, -0.2) is 0 Å². The van der Waals surface area contributed by atoms with Gasteiger partial charge in [-0.15, -0.1) is 0 Å². The fraction of sp³-hybridized carbons (Fsp3) is 0.643. The number of anilines is 1. The summed E-state index contributed by atoms with van der Waals surface area (Å²) < 4.78 is 1.76. The number of carbonyl (C=O) groups excluding carboxylic acids is 2. The molecule has 0 bridgehead atoms. The molecule has 1 aromatic heterocycles. The predicted octanol–water partition coefficient (Wildman–Crippen LogP) is 1.17. The largest absolute Gasteiger partial charge is 0.342 e. The minimum Gasteiger partial charge on any atom is -0.342 e. The van der Waals surface area contributed by atoms with E-state index in [1.165, 1.54) is 0 Å². The lowest BCUT2D eigenvalue weighted by molar-refractivity contribution is -0.134. The molecule has 6 nitrogen and oxygen atoms in total. The quantitative estimate of drug-likeness (QED) is 0.899. The average molecular weight is 278 g/mol. The Kier molecular flexibility index (Phi) is 4.11. The maximum absolute atomic E-state index is 12.7. The van der Waals surface area contributed by atoms with Crippen molar-refractivity contribution < 1.29 is 9.59 Å². The molecule has 1 aromatic rings. The summed E-state index contributed by atoms with van der Waals surface area (Å²) in [4.78, 5) is 26.5. The van der Waals surface area contributed by atoms with E-state index >= 15 is 0 Å². The van der Waals surface area contributed by atoms with Crippen LogP contribution in [0.3, 0.4) is 0 Å². The molecule has 0 radical (unpaired) electrons. The Labute approximate surface area is 119 Å². The number of hydrogen-bond donors (Lipinski definition) is 1. The smallest absolute Gasteiger partial charge is 0.250 e. The maximum atomic E-state index is 12.7. The molecule has 1 fully saturated rings. The molecular weight excluding hydrogens is 256 g/mol. The minimum absolute atomic E-state index is 0.0536. The molecule has 2 unspecified atom stereocenters. The van der Waals surface area contributed by atoms with Crippen molar-refractivity contribution in [2.24, 2.45) is 5.92 Å². The van der Waals surface area contributed by atoms with Gasteiger partial charge in [-0.05, 0) is 19.3 Å². The van der Waals surface area contributed by atoms with Gasteiger partial charge in [0.15, 0.2) is 0 Å². The van der Waals surface area contributed by atoms with Crippen LogP contribution >= 0.6 is 0 Å². The van der Waals surface area contributed by atoms with Gasteiger partial charge in [-0.3, -0.25) is 19.2 Å². The Morgan fingerprint density at radius 1 is 1.35 bits per heavy atom. The van der Waals surface area contributed by atoms with Crippen LogP contribution in [0.15, 0.2) is 12.4 Å². The second-order valence-corrected chi connectivity index (χ2v) is 5.42. The van der Waals surface area contributed by atoms with E-state index in [1.54, 1.807) is 15.8 Å². The van der Waals surface area contributed by atoms with Crippen molar-refractivity contribution in [2.45, 2.75) is 52.7 Å². The highest BCUT2D eigenvalue weighted by Gasteiger charge is 2.41. The van der Waals surface area contributed by atoms with Gasteiger partial charge < -0.3 is 5.32 Å². The Morgan fingerprint density at radius 3 is 2.55 bits per heavy atom. The molecule has 0 spiro atoms. The maximum Gasteiger partial charge on any atom is 0.250 e. The summed E-state index contributed by atoms with van der Waals surface area (Å²) in [6.45, 7) is 8.49. The van der Waals surface area contributed by atoms with Crippen LogP contribution in [0.4, 0.5) is 5.69 Å². The second-order valence-electron chi connectivity index (χ2n) is 5.42. The van der Waals surface area contributed by atoms with E-state index in [9.17, 15) is 9.59 Å². The molecule has 0 saturated carbocycles. The molecule has 110 valence electrons. The fourth-order valence-corrected chi connectivity index (χ4v) is 2.51. The fourth-order valence-electron chi connectivity index (χ4n) is 2.51. The van der Waals surface area contributed by atoms with E-state index < -0.39 is 12.1 Å². The summed E-state index contributed by atoms with van der Waals surface area (Å²) in [5, 5.41) is 7.03. The molecule has 1 aliphatic rings.